The van der Waals surface area contributed by atoms with Gasteiger partial charge in [0.1, 0.15) is 6.04 Å². The van der Waals surface area contributed by atoms with Gasteiger partial charge < -0.3 is 10.6 Å². The average molecular weight is 396 g/mol. The Balaban J connectivity index is 2.04. The van der Waals surface area contributed by atoms with Crippen molar-refractivity contribution in [3.8, 4) is 0 Å². The second kappa shape index (κ2) is 8.39. The van der Waals surface area contributed by atoms with Crippen molar-refractivity contribution in [2.45, 2.75) is 58.5 Å². The van der Waals surface area contributed by atoms with Crippen LogP contribution in [0.15, 0.2) is 24.3 Å². The molecule has 0 radical (unpaired) electrons. The maximum atomic E-state index is 12.6. The molecule has 1 aliphatic heterocycles. The maximum absolute atomic E-state index is 12.6. The van der Waals surface area contributed by atoms with Crippen molar-refractivity contribution in [1.29, 1.82) is 0 Å². The van der Waals surface area contributed by atoms with Crippen molar-refractivity contribution in [3.05, 3.63) is 29.8 Å². The number of hydrogen-bond acceptors (Lipinski definition) is 4. The quantitative estimate of drug-likeness (QED) is 0.773. The molecule has 27 heavy (non-hydrogen) atoms. The van der Waals surface area contributed by atoms with Gasteiger partial charge in [0.05, 0.1) is 5.75 Å². The summed E-state index contributed by atoms with van der Waals surface area (Å²) in [6.45, 7) is 7.89. The van der Waals surface area contributed by atoms with Crippen molar-refractivity contribution in [3.63, 3.8) is 0 Å². The standard InChI is InChI=1S/C19H29N3O4S/c1-5-13-27(25,26)22-12-6-7-16(22)18(24)20-15-10-8-14(9-11-15)17(23)21-19(2,3)4/h8-11,16H,5-7,12-13H2,1-4H3,(H,20,24)(H,21,23). The molecular weight excluding hydrogens is 366 g/mol. The lowest BCUT2D eigenvalue weighted by atomic mass is 10.1. The molecular formula is C19H29N3O4S. The zero-order valence-electron chi connectivity index (χ0n) is 16.4. The molecule has 0 bridgehead atoms. The van der Waals surface area contributed by atoms with Crippen molar-refractivity contribution < 1.29 is 18.0 Å². The summed E-state index contributed by atoms with van der Waals surface area (Å²) < 4.78 is 26.0. The fraction of sp³-hybridized carbons (Fsp3) is 0.579. The first-order valence-electron chi connectivity index (χ1n) is 9.26. The summed E-state index contributed by atoms with van der Waals surface area (Å²) in [5, 5.41) is 5.64. The molecule has 2 rings (SSSR count). The molecule has 0 saturated carbocycles. The third-order valence-electron chi connectivity index (χ3n) is 4.23. The Bertz CT molecular complexity index is 782. The van der Waals surface area contributed by atoms with E-state index in [4.69, 9.17) is 0 Å². The molecule has 0 spiro atoms. The number of carbonyl (C=O) groups excluding carboxylic acids is 2. The van der Waals surface area contributed by atoms with Crippen LogP contribution in [0.25, 0.3) is 0 Å². The van der Waals surface area contributed by atoms with Gasteiger partial charge >= 0.3 is 0 Å². The van der Waals surface area contributed by atoms with Crippen LogP contribution in [0.1, 0.15) is 57.3 Å². The molecule has 2 N–H and O–H groups in total. The molecule has 150 valence electrons. The number of hydrogen-bond donors (Lipinski definition) is 2. The Morgan fingerprint density at radius 3 is 2.37 bits per heavy atom. The maximum Gasteiger partial charge on any atom is 0.251 e. The van der Waals surface area contributed by atoms with E-state index in [0.29, 0.717) is 37.1 Å². The number of nitrogens with zero attached hydrogens (tertiary/aromatic N) is 1. The van der Waals surface area contributed by atoms with E-state index in [1.165, 1.54) is 4.31 Å². The molecule has 1 unspecified atom stereocenters. The van der Waals surface area contributed by atoms with Gasteiger partial charge in [-0.05, 0) is 64.3 Å². The summed E-state index contributed by atoms with van der Waals surface area (Å²) in [6.07, 6.45) is 1.71. The topological polar surface area (TPSA) is 95.6 Å². The first-order valence-corrected chi connectivity index (χ1v) is 10.9. The van der Waals surface area contributed by atoms with Gasteiger partial charge in [-0.25, -0.2) is 8.42 Å². The van der Waals surface area contributed by atoms with E-state index in [2.05, 4.69) is 10.6 Å². The predicted octanol–water partition coefficient (Wildman–Crippen LogP) is 2.36. The minimum absolute atomic E-state index is 0.0500. The zero-order chi connectivity index (χ0) is 20.2. The SMILES string of the molecule is CCCS(=O)(=O)N1CCCC1C(=O)Nc1ccc(C(=O)NC(C)(C)C)cc1. The minimum Gasteiger partial charge on any atom is -0.347 e. The summed E-state index contributed by atoms with van der Waals surface area (Å²) in [4.78, 5) is 24.7. The fourth-order valence-electron chi connectivity index (χ4n) is 3.05. The molecule has 1 aromatic carbocycles. The van der Waals surface area contributed by atoms with E-state index >= 15 is 0 Å². The monoisotopic (exact) mass is 395 g/mol. The summed E-state index contributed by atoms with van der Waals surface area (Å²) in [7, 11) is -3.41. The molecule has 0 aromatic heterocycles. The molecule has 1 heterocycles. The highest BCUT2D eigenvalue weighted by molar-refractivity contribution is 7.89. The van der Waals surface area contributed by atoms with E-state index in [9.17, 15) is 18.0 Å². The largest absolute Gasteiger partial charge is 0.347 e. The lowest BCUT2D eigenvalue weighted by Crippen LogP contribution is -2.44. The van der Waals surface area contributed by atoms with Gasteiger partial charge in [-0.15, -0.1) is 0 Å². The number of sulfonamides is 1. The second-order valence-corrected chi connectivity index (χ2v) is 9.90. The van der Waals surface area contributed by atoms with E-state index in [1.807, 2.05) is 20.8 Å². The third kappa shape index (κ3) is 5.77. The normalized spacial score (nSPS) is 18.3. The van der Waals surface area contributed by atoms with Crippen LogP contribution in [0.5, 0.6) is 0 Å². The molecule has 0 aliphatic carbocycles. The van der Waals surface area contributed by atoms with Crippen LogP contribution in [0.2, 0.25) is 0 Å². The van der Waals surface area contributed by atoms with Gasteiger partial charge in [-0.3, -0.25) is 9.59 Å². The van der Waals surface area contributed by atoms with E-state index < -0.39 is 16.1 Å². The smallest absolute Gasteiger partial charge is 0.251 e. The molecule has 2 amide bonds. The Kier molecular flexibility index (Phi) is 6.64. The Morgan fingerprint density at radius 2 is 1.81 bits per heavy atom. The van der Waals surface area contributed by atoms with Crippen LogP contribution in [-0.2, 0) is 14.8 Å². The lowest BCUT2D eigenvalue weighted by Gasteiger charge is -2.23. The molecule has 8 heteroatoms. The summed E-state index contributed by atoms with van der Waals surface area (Å²) in [6, 6.07) is 5.89. The number of amides is 2. The lowest BCUT2D eigenvalue weighted by molar-refractivity contribution is -0.119. The van der Waals surface area contributed by atoms with Crippen molar-refractivity contribution in [2.75, 3.05) is 17.6 Å². The molecule has 1 aromatic rings. The van der Waals surface area contributed by atoms with Gasteiger partial charge in [-0.2, -0.15) is 4.31 Å². The van der Waals surface area contributed by atoms with Crippen LogP contribution in [0.3, 0.4) is 0 Å². The number of benzene rings is 1. The second-order valence-electron chi connectivity index (χ2n) is 7.86. The van der Waals surface area contributed by atoms with Gasteiger partial charge in [0.15, 0.2) is 0 Å². The summed E-state index contributed by atoms with van der Waals surface area (Å²) in [5.74, 6) is -0.471. The highest BCUT2D eigenvalue weighted by Crippen LogP contribution is 2.23. The van der Waals surface area contributed by atoms with E-state index in [0.717, 1.165) is 0 Å². The van der Waals surface area contributed by atoms with E-state index in [-0.39, 0.29) is 23.1 Å². The van der Waals surface area contributed by atoms with E-state index in [1.54, 1.807) is 31.2 Å². The van der Waals surface area contributed by atoms with Crippen molar-refractivity contribution in [2.24, 2.45) is 0 Å². The Hall–Kier alpha value is -1.93. The molecule has 1 aliphatic rings. The van der Waals surface area contributed by atoms with Gasteiger partial charge in [-0.1, -0.05) is 6.92 Å². The van der Waals surface area contributed by atoms with Crippen LogP contribution >= 0.6 is 0 Å². The van der Waals surface area contributed by atoms with Crippen molar-refractivity contribution in [1.82, 2.24) is 9.62 Å². The number of carbonyl (C=O) groups is 2. The molecule has 7 nitrogen and oxygen atoms in total. The third-order valence-corrected chi connectivity index (χ3v) is 6.30. The van der Waals surface area contributed by atoms with Gasteiger partial charge in [0.25, 0.3) is 5.91 Å². The minimum atomic E-state index is -3.41. The number of nitrogens with one attached hydrogen (secondary N) is 2. The van der Waals surface area contributed by atoms with Crippen LogP contribution in [0.4, 0.5) is 5.69 Å². The fourth-order valence-corrected chi connectivity index (χ4v) is 4.80. The van der Waals surface area contributed by atoms with Gasteiger partial charge in [0, 0.05) is 23.3 Å². The Morgan fingerprint density at radius 1 is 1.19 bits per heavy atom. The van der Waals surface area contributed by atoms with Gasteiger partial charge in [0.2, 0.25) is 15.9 Å². The summed E-state index contributed by atoms with van der Waals surface area (Å²) >= 11 is 0. The average Bonchev–Trinajstić information content (AvgIpc) is 3.04. The first kappa shape index (κ1) is 21.4. The Labute approximate surface area is 161 Å². The van der Waals surface area contributed by atoms with Crippen LogP contribution in [-0.4, -0.2) is 48.4 Å². The molecule has 1 atom stereocenters. The molecule has 1 saturated heterocycles. The molecule has 1 fully saturated rings. The number of anilines is 1. The van der Waals surface area contributed by atoms with Crippen molar-refractivity contribution >= 4 is 27.5 Å². The van der Waals surface area contributed by atoms with Crippen LogP contribution in [0, 0.1) is 0 Å². The van der Waals surface area contributed by atoms with Crippen LogP contribution < -0.4 is 10.6 Å². The zero-order valence-corrected chi connectivity index (χ0v) is 17.2. The first-order chi connectivity index (χ1) is 12.5. The summed E-state index contributed by atoms with van der Waals surface area (Å²) in [5.41, 5.74) is 0.697. The highest BCUT2D eigenvalue weighted by Gasteiger charge is 2.38. The predicted molar refractivity (Wildman–Crippen MR) is 106 cm³/mol. The number of rotatable bonds is 6. The highest BCUT2D eigenvalue weighted by atomic mass is 32.2.